The van der Waals surface area contributed by atoms with Gasteiger partial charge in [-0.25, -0.2) is 0 Å². The molecule has 0 unspecified atom stereocenters. The number of carbonyl (C=O) groups excluding carboxylic acids is 1. The van der Waals surface area contributed by atoms with Gasteiger partial charge >= 0.3 is 18.0 Å². The molecule has 0 bridgehead atoms. The van der Waals surface area contributed by atoms with Gasteiger partial charge in [-0.3, -0.25) is 4.79 Å². The molecule has 0 radical (unpaired) electrons. The molecule has 0 aliphatic heterocycles. The first-order valence-electron chi connectivity index (χ1n) is 11.2. The quantitative estimate of drug-likeness (QED) is 0.437. The zero-order valence-electron chi connectivity index (χ0n) is 19.6. The first-order chi connectivity index (χ1) is 17.1. The smallest absolute Gasteiger partial charge is 0.372 e. The summed E-state index contributed by atoms with van der Waals surface area (Å²) in [5, 5.41) is 3.82. The fraction of sp³-hybridized carbons (Fsp3) is 0.455. The van der Waals surface area contributed by atoms with Gasteiger partial charge in [-0.05, 0) is 37.3 Å². The number of amides is 1. The number of halogens is 3. The second-order valence-corrected chi connectivity index (χ2v) is 8.36. The van der Waals surface area contributed by atoms with Gasteiger partial charge in [-0.1, -0.05) is 23.4 Å². The summed E-state index contributed by atoms with van der Waals surface area (Å²) in [6, 6.07) is 9.36. The van der Waals surface area contributed by atoms with E-state index in [2.05, 4.69) is 25.1 Å². The number of hydrogen-bond donors (Lipinski definition) is 1. The van der Waals surface area contributed by atoms with Crippen molar-refractivity contribution >= 4 is 23.5 Å². The van der Waals surface area contributed by atoms with Crippen LogP contribution in [0.25, 0.3) is 11.6 Å². The van der Waals surface area contributed by atoms with Crippen molar-refractivity contribution < 1.29 is 27.2 Å². The molecule has 2 aromatic heterocycles. The van der Waals surface area contributed by atoms with Gasteiger partial charge in [0.2, 0.25) is 23.5 Å². The summed E-state index contributed by atoms with van der Waals surface area (Å²) in [5.74, 6) is -0.533. The summed E-state index contributed by atoms with van der Waals surface area (Å²) in [6.07, 6.45) is -3.68. The van der Waals surface area contributed by atoms with Crippen LogP contribution in [0.2, 0.25) is 0 Å². The largest absolute Gasteiger partial charge is 0.411 e. The van der Waals surface area contributed by atoms with Crippen molar-refractivity contribution in [2.45, 2.75) is 19.5 Å². The van der Waals surface area contributed by atoms with Crippen LogP contribution in [-0.4, -0.2) is 75.4 Å². The van der Waals surface area contributed by atoms with Crippen molar-refractivity contribution in [1.29, 1.82) is 0 Å². The third-order valence-electron chi connectivity index (χ3n) is 5.68. The van der Waals surface area contributed by atoms with Crippen LogP contribution in [0.4, 0.5) is 30.8 Å². The molecule has 2 atom stereocenters. The molecule has 1 aliphatic rings. The fourth-order valence-electron chi connectivity index (χ4n) is 3.64. The van der Waals surface area contributed by atoms with E-state index in [0.29, 0.717) is 19.5 Å². The first kappa shape index (κ1) is 25.3. The number of nitrogens with zero attached hydrogens (tertiary/aromatic N) is 7. The van der Waals surface area contributed by atoms with E-state index in [1.165, 1.54) is 4.90 Å². The Kier molecular flexibility index (Phi) is 7.33. The Morgan fingerprint density at radius 2 is 1.89 bits per heavy atom. The molecule has 1 amide bonds. The number of ether oxygens (including phenoxy) is 1. The minimum absolute atomic E-state index is 0.00118. The number of nitrogen functional groups attached to an aromatic ring is 1. The number of aromatic nitrogens is 5. The molecular formula is C22H25F3N8O3. The standard InChI is InChI=1S/C22H25F3N8O3/c1-3-33(10-13-9-14(13)11-35-12-22(23,24)25)19(34)18-27-17(31-36-18)16-28-20(26)30-21(29-16)32(2)15-7-5-4-6-8-15/h4-8,13-14H,3,9-12H2,1-2H3,(H2,26,28,29,30)/t13-,14-/m1/s1. The summed E-state index contributed by atoms with van der Waals surface area (Å²) < 4.78 is 46.6. The number of para-hydroxylation sites is 1. The van der Waals surface area contributed by atoms with Crippen LogP contribution in [0.3, 0.4) is 0 Å². The molecule has 2 N–H and O–H groups in total. The average molecular weight is 506 g/mol. The molecule has 0 spiro atoms. The minimum Gasteiger partial charge on any atom is -0.372 e. The number of rotatable bonds is 10. The molecular weight excluding hydrogens is 481 g/mol. The van der Waals surface area contributed by atoms with E-state index in [4.69, 9.17) is 15.0 Å². The van der Waals surface area contributed by atoms with Gasteiger partial charge in [-0.15, -0.1) is 0 Å². The third kappa shape index (κ3) is 6.24. The van der Waals surface area contributed by atoms with Crippen LogP contribution in [0.15, 0.2) is 34.9 Å². The number of hydrogen-bond acceptors (Lipinski definition) is 10. The summed E-state index contributed by atoms with van der Waals surface area (Å²) in [4.78, 5) is 32.8. The molecule has 1 aromatic carbocycles. The molecule has 14 heteroatoms. The number of benzene rings is 1. The first-order valence-corrected chi connectivity index (χ1v) is 11.2. The Hall–Kier alpha value is -3.81. The Morgan fingerprint density at radius 3 is 2.58 bits per heavy atom. The summed E-state index contributed by atoms with van der Waals surface area (Å²) in [6.45, 7) is 1.21. The van der Waals surface area contributed by atoms with E-state index in [1.807, 2.05) is 30.3 Å². The van der Waals surface area contributed by atoms with E-state index in [9.17, 15) is 18.0 Å². The predicted molar refractivity (Wildman–Crippen MR) is 122 cm³/mol. The van der Waals surface area contributed by atoms with Crippen LogP contribution < -0.4 is 10.6 Å². The molecule has 11 nitrogen and oxygen atoms in total. The lowest BCUT2D eigenvalue weighted by Crippen LogP contribution is -2.33. The van der Waals surface area contributed by atoms with Crippen molar-refractivity contribution in [2.24, 2.45) is 11.8 Å². The fourth-order valence-corrected chi connectivity index (χ4v) is 3.64. The molecule has 36 heavy (non-hydrogen) atoms. The van der Waals surface area contributed by atoms with Crippen molar-refractivity contribution in [3.63, 3.8) is 0 Å². The number of anilines is 3. The Bertz CT molecular complexity index is 1190. The van der Waals surface area contributed by atoms with Gasteiger partial charge in [-0.2, -0.15) is 33.1 Å². The second-order valence-electron chi connectivity index (χ2n) is 8.36. The van der Waals surface area contributed by atoms with Crippen LogP contribution >= 0.6 is 0 Å². The lowest BCUT2D eigenvalue weighted by Gasteiger charge is -2.18. The zero-order chi connectivity index (χ0) is 25.9. The van der Waals surface area contributed by atoms with E-state index in [-0.39, 0.29) is 47.9 Å². The maximum atomic E-state index is 12.9. The van der Waals surface area contributed by atoms with Crippen molar-refractivity contribution in [3.8, 4) is 11.6 Å². The van der Waals surface area contributed by atoms with Gasteiger partial charge < -0.3 is 24.8 Å². The molecule has 1 saturated carbocycles. The topological polar surface area (TPSA) is 136 Å². The molecule has 1 aliphatic carbocycles. The minimum atomic E-state index is -4.35. The average Bonchev–Trinajstić information content (AvgIpc) is 3.38. The van der Waals surface area contributed by atoms with Gasteiger partial charge in [0, 0.05) is 25.8 Å². The number of carbonyl (C=O) groups is 1. The van der Waals surface area contributed by atoms with Crippen LogP contribution in [-0.2, 0) is 4.74 Å². The van der Waals surface area contributed by atoms with Gasteiger partial charge in [0.15, 0.2) is 0 Å². The predicted octanol–water partition coefficient (Wildman–Crippen LogP) is 2.95. The number of alkyl halides is 3. The summed E-state index contributed by atoms with van der Waals surface area (Å²) >= 11 is 0. The highest BCUT2D eigenvalue weighted by Crippen LogP contribution is 2.39. The monoisotopic (exact) mass is 506 g/mol. The van der Waals surface area contributed by atoms with Crippen molar-refractivity contribution in [3.05, 3.63) is 36.2 Å². The maximum absolute atomic E-state index is 12.9. The van der Waals surface area contributed by atoms with Gasteiger partial charge in [0.1, 0.15) is 6.61 Å². The molecule has 2 heterocycles. The molecule has 1 fully saturated rings. The van der Waals surface area contributed by atoms with Crippen LogP contribution in [0.5, 0.6) is 0 Å². The van der Waals surface area contributed by atoms with Crippen molar-refractivity contribution in [2.75, 3.05) is 44.0 Å². The van der Waals surface area contributed by atoms with Gasteiger partial charge in [0.25, 0.3) is 0 Å². The van der Waals surface area contributed by atoms with E-state index in [1.54, 1.807) is 18.9 Å². The SMILES string of the molecule is CCN(C[C@H]1C[C@@H]1COCC(F)(F)F)C(=O)c1nc(-c2nc(N)nc(N(C)c3ccccc3)n2)no1. The van der Waals surface area contributed by atoms with Crippen LogP contribution in [0, 0.1) is 11.8 Å². The molecule has 192 valence electrons. The normalized spacial score (nSPS) is 17.1. The molecule has 4 rings (SSSR count). The lowest BCUT2D eigenvalue weighted by molar-refractivity contribution is -0.175. The second kappa shape index (κ2) is 10.4. The molecule has 3 aromatic rings. The molecule has 0 saturated heterocycles. The Balaban J connectivity index is 1.41. The van der Waals surface area contributed by atoms with Crippen LogP contribution in [0.1, 0.15) is 24.0 Å². The van der Waals surface area contributed by atoms with Crippen molar-refractivity contribution in [1.82, 2.24) is 30.0 Å². The summed E-state index contributed by atoms with van der Waals surface area (Å²) in [5.41, 5.74) is 6.68. The third-order valence-corrected chi connectivity index (χ3v) is 5.68. The highest BCUT2D eigenvalue weighted by molar-refractivity contribution is 5.90. The zero-order valence-corrected chi connectivity index (χ0v) is 19.6. The Labute approximate surface area is 204 Å². The highest BCUT2D eigenvalue weighted by atomic mass is 19.4. The van der Waals surface area contributed by atoms with Gasteiger partial charge in [0.05, 0.1) is 6.61 Å². The summed E-state index contributed by atoms with van der Waals surface area (Å²) in [7, 11) is 1.76. The lowest BCUT2D eigenvalue weighted by atomic mass is 10.3. The van der Waals surface area contributed by atoms with E-state index >= 15 is 0 Å². The van der Waals surface area contributed by atoms with E-state index < -0.39 is 18.7 Å². The Morgan fingerprint density at radius 1 is 1.14 bits per heavy atom. The maximum Gasteiger partial charge on any atom is 0.411 e. The highest BCUT2D eigenvalue weighted by Gasteiger charge is 2.40. The van der Waals surface area contributed by atoms with E-state index in [0.717, 1.165) is 5.69 Å². The number of nitrogens with two attached hydrogens (primary N) is 1.